The van der Waals surface area contributed by atoms with Gasteiger partial charge in [-0.2, -0.15) is 0 Å². The predicted octanol–water partition coefficient (Wildman–Crippen LogP) is 5.44. The van der Waals surface area contributed by atoms with Crippen LogP contribution in [0, 0.1) is 6.92 Å². The van der Waals surface area contributed by atoms with Crippen molar-refractivity contribution in [3.8, 4) is 0 Å². The predicted molar refractivity (Wildman–Crippen MR) is 81.7 cm³/mol. The zero-order valence-electron chi connectivity index (χ0n) is 10.3. The second kappa shape index (κ2) is 6.07. The molecule has 0 spiro atoms. The highest BCUT2D eigenvalue weighted by Crippen LogP contribution is 2.28. The first-order valence-electron chi connectivity index (χ1n) is 5.87. The molecule has 1 aromatic carbocycles. The van der Waals surface area contributed by atoms with Gasteiger partial charge in [-0.15, -0.1) is 17.9 Å². The van der Waals surface area contributed by atoms with Crippen molar-refractivity contribution in [1.29, 1.82) is 0 Å². The summed E-state index contributed by atoms with van der Waals surface area (Å²) in [6.07, 6.45) is 2.83. The molecule has 0 fully saturated rings. The lowest BCUT2D eigenvalue weighted by Crippen LogP contribution is -2.08. The van der Waals surface area contributed by atoms with Gasteiger partial charge in [-0.05, 0) is 42.5 Å². The highest BCUT2D eigenvalue weighted by atomic mass is 35.5. The van der Waals surface area contributed by atoms with Gasteiger partial charge in [0.05, 0.1) is 6.04 Å². The average Bonchev–Trinajstić information content (AvgIpc) is 2.87. The first-order chi connectivity index (χ1) is 8.70. The molecule has 0 aliphatic rings. The topological polar surface area (TPSA) is 12.0 Å². The number of benzene rings is 1. The van der Waals surface area contributed by atoms with Crippen molar-refractivity contribution in [1.82, 2.24) is 0 Å². The number of anilines is 1. The van der Waals surface area contributed by atoms with E-state index in [0.29, 0.717) is 0 Å². The summed E-state index contributed by atoms with van der Waals surface area (Å²) in [4.78, 5) is 1.31. The van der Waals surface area contributed by atoms with Crippen molar-refractivity contribution in [2.75, 3.05) is 5.32 Å². The van der Waals surface area contributed by atoms with Crippen LogP contribution >= 0.6 is 22.9 Å². The van der Waals surface area contributed by atoms with E-state index in [1.54, 1.807) is 11.3 Å². The summed E-state index contributed by atoms with van der Waals surface area (Å²) in [7, 11) is 0. The average molecular weight is 278 g/mol. The Kier molecular flexibility index (Phi) is 4.45. The third-order valence-electron chi connectivity index (χ3n) is 2.80. The Morgan fingerprint density at radius 1 is 1.44 bits per heavy atom. The van der Waals surface area contributed by atoms with Crippen molar-refractivity contribution in [2.45, 2.75) is 19.4 Å². The quantitative estimate of drug-likeness (QED) is 0.718. The monoisotopic (exact) mass is 277 g/mol. The van der Waals surface area contributed by atoms with Gasteiger partial charge in [0, 0.05) is 15.6 Å². The van der Waals surface area contributed by atoms with Gasteiger partial charge in [-0.3, -0.25) is 0 Å². The first-order valence-corrected chi connectivity index (χ1v) is 7.13. The smallest absolute Gasteiger partial charge is 0.0640 e. The normalized spacial score (nSPS) is 12.1. The van der Waals surface area contributed by atoms with Crippen LogP contribution in [0.3, 0.4) is 0 Å². The molecule has 0 saturated carbocycles. The van der Waals surface area contributed by atoms with E-state index in [9.17, 15) is 0 Å². The first kappa shape index (κ1) is 13.2. The summed E-state index contributed by atoms with van der Waals surface area (Å²) in [6, 6.07) is 10.5. The molecule has 0 amide bonds. The summed E-state index contributed by atoms with van der Waals surface area (Å²) in [5, 5.41) is 6.39. The minimum Gasteiger partial charge on any atom is -0.377 e. The van der Waals surface area contributed by atoms with E-state index in [1.165, 1.54) is 4.88 Å². The third kappa shape index (κ3) is 3.15. The van der Waals surface area contributed by atoms with E-state index >= 15 is 0 Å². The van der Waals surface area contributed by atoms with Crippen molar-refractivity contribution in [3.05, 3.63) is 63.8 Å². The molecule has 2 rings (SSSR count). The summed E-state index contributed by atoms with van der Waals surface area (Å²) >= 11 is 7.90. The summed E-state index contributed by atoms with van der Waals surface area (Å²) in [5.74, 6) is 0. The zero-order valence-corrected chi connectivity index (χ0v) is 11.9. The fourth-order valence-electron chi connectivity index (χ4n) is 1.79. The molecule has 3 heteroatoms. The SMILES string of the molecule is C=CCC(Nc1ccc(C)c(Cl)c1)c1cccs1. The van der Waals surface area contributed by atoms with Crippen molar-refractivity contribution < 1.29 is 0 Å². The fraction of sp³-hybridized carbons (Fsp3) is 0.200. The van der Waals surface area contributed by atoms with E-state index in [2.05, 4.69) is 35.5 Å². The highest BCUT2D eigenvalue weighted by Gasteiger charge is 2.11. The standard InChI is InChI=1S/C15H16ClNS/c1-3-5-14(15-6-4-9-18-15)17-12-8-7-11(2)13(16)10-12/h3-4,6-10,14,17H,1,5H2,2H3. The molecular weight excluding hydrogens is 262 g/mol. The molecule has 0 saturated heterocycles. The minimum absolute atomic E-state index is 0.265. The Bertz CT molecular complexity index is 519. The van der Waals surface area contributed by atoms with Crippen LogP contribution in [0.25, 0.3) is 0 Å². The Hall–Kier alpha value is -1.25. The van der Waals surface area contributed by atoms with Crippen LogP contribution in [-0.4, -0.2) is 0 Å². The van der Waals surface area contributed by atoms with E-state index in [-0.39, 0.29) is 6.04 Å². The highest BCUT2D eigenvalue weighted by molar-refractivity contribution is 7.10. The number of aryl methyl sites for hydroxylation is 1. The number of halogens is 1. The van der Waals surface area contributed by atoms with Crippen LogP contribution < -0.4 is 5.32 Å². The number of hydrogen-bond acceptors (Lipinski definition) is 2. The maximum absolute atomic E-state index is 6.14. The van der Waals surface area contributed by atoms with Gasteiger partial charge in [0.2, 0.25) is 0 Å². The molecule has 2 aromatic rings. The van der Waals surface area contributed by atoms with Crippen LogP contribution in [0.2, 0.25) is 5.02 Å². The van der Waals surface area contributed by atoms with Gasteiger partial charge in [0.15, 0.2) is 0 Å². The molecule has 1 heterocycles. The van der Waals surface area contributed by atoms with Gasteiger partial charge in [-0.25, -0.2) is 0 Å². The summed E-state index contributed by atoms with van der Waals surface area (Å²) in [5.41, 5.74) is 2.14. The second-order valence-electron chi connectivity index (χ2n) is 4.20. The molecule has 94 valence electrons. The van der Waals surface area contributed by atoms with Gasteiger partial charge in [-0.1, -0.05) is 29.8 Å². The summed E-state index contributed by atoms with van der Waals surface area (Å²) in [6.45, 7) is 5.83. The molecule has 0 radical (unpaired) electrons. The molecule has 0 aliphatic carbocycles. The lowest BCUT2D eigenvalue weighted by atomic mass is 10.1. The lowest BCUT2D eigenvalue weighted by molar-refractivity contribution is 0.816. The molecular formula is C15H16ClNS. The maximum Gasteiger partial charge on any atom is 0.0640 e. The Balaban J connectivity index is 2.18. The summed E-state index contributed by atoms with van der Waals surface area (Å²) < 4.78 is 0. The molecule has 0 bridgehead atoms. The number of nitrogens with one attached hydrogen (secondary N) is 1. The van der Waals surface area contributed by atoms with Crippen LogP contribution in [0.15, 0.2) is 48.4 Å². The Morgan fingerprint density at radius 3 is 2.89 bits per heavy atom. The zero-order chi connectivity index (χ0) is 13.0. The van der Waals surface area contributed by atoms with Crippen LogP contribution in [0.5, 0.6) is 0 Å². The van der Waals surface area contributed by atoms with Gasteiger partial charge >= 0.3 is 0 Å². The van der Waals surface area contributed by atoms with E-state index in [0.717, 1.165) is 22.7 Å². The van der Waals surface area contributed by atoms with Crippen molar-refractivity contribution in [3.63, 3.8) is 0 Å². The molecule has 18 heavy (non-hydrogen) atoms. The molecule has 1 N–H and O–H groups in total. The Labute approximate surface area is 117 Å². The van der Waals surface area contributed by atoms with E-state index in [4.69, 9.17) is 11.6 Å². The fourth-order valence-corrected chi connectivity index (χ4v) is 2.76. The second-order valence-corrected chi connectivity index (χ2v) is 5.59. The van der Waals surface area contributed by atoms with E-state index in [1.807, 2.05) is 25.1 Å². The Morgan fingerprint density at radius 2 is 2.28 bits per heavy atom. The minimum atomic E-state index is 0.265. The van der Waals surface area contributed by atoms with E-state index < -0.39 is 0 Å². The third-order valence-corrected chi connectivity index (χ3v) is 4.19. The van der Waals surface area contributed by atoms with Gasteiger partial charge in [0.25, 0.3) is 0 Å². The van der Waals surface area contributed by atoms with Crippen molar-refractivity contribution >= 4 is 28.6 Å². The van der Waals surface area contributed by atoms with Crippen LogP contribution in [-0.2, 0) is 0 Å². The number of rotatable bonds is 5. The molecule has 1 nitrogen and oxygen atoms in total. The lowest BCUT2D eigenvalue weighted by Gasteiger charge is -2.17. The largest absolute Gasteiger partial charge is 0.377 e. The molecule has 1 atom stereocenters. The van der Waals surface area contributed by atoms with Gasteiger partial charge in [0.1, 0.15) is 0 Å². The number of hydrogen-bond donors (Lipinski definition) is 1. The van der Waals surface area contributed by atoms with Crippen LogP contribution in [0.1, 0.15) is 22.9 Å². The molecule has 0 aliphatic heterocycles. The van der Waals surface area contributed by atoms with Crippen molar-refractivity contribution in [2.24, 2.45) is 0 Å². The van der Waals surface area contributed by atoms with Gasteiger partial charge < -0.3 is 5.32 Å². The molecule has 1 aromatic heterocycles. The number of thiophene rings is 1. The van der Waals surface area contributed by atoms with Crippen LogP contribution in [0.4, 0.5) is 5.69 Å². The maximum atomic E-state index is 6.14. The molecule has 1 unspecified atom stereocenters.